The molecule has 0 saturated carbocycles. The Bertz CT molecular complexity index is 919. The maximum atomic E-state index is 13.0. The molecule has 2 fully saturated rings. The van der Waals surface area contributed by atoms with E-state index in [1.807, 2.05) is 42.5 Å². The number of piperazine rings is 1. The van der Waals surface area contributed by atoms with Gasteiger partial charge < -0.3 is 4.74 Å². The predicted molar refractivity (Wildman–Crippen MR) is 120 cm³/mol. The van der Waals surface area contributed by atoms with E-state index in [0.717, 1.165) is 44.0 Å². The average molecular weight is 420 g/mol. The number of benzene rings is 2. The first-order chi connectivity index (χ1) is 15.1. The lowest BCUT2D eigenvalue weighted by molar-refractivity contribution is -0.140. The molecule has 2 saturated heterocycles. The van der Waals surface area contributed by atoms with Crippen LogP contribution in [0.25, 0.3) is 6.08 Å². The van der Waals surface area contributed by atoms with Gasteiger partial charge in [-0.25, -0.2) is 0 Å². The molecule has 0 spiro atoms. The number of hydrogen-bond acceptors (Lipinski definition) is 5. The summed E-state index contributed by atoms with van der Waals surface area (Å²) < 4.78 is 5.17. The van der Waals surface area contributed by atoms with Gasteiger partial charge in [0.1, 0.15) is 5.75 Å². The van der Waals surface area contributed by atoms with Crippen molar-refractivity contribution >= 4 is 17.9 Å². The van der Waals surface area contributed by atoms with Crippen molar-refractivity contribution in [2.24, 2.45) is 0 Å². The molecule has 2 aliphatic heterocycles. The summed E-state index contributed by atoms with van der Waals surface area (Å²) in [6.45, 7) is 4.62. The van der Waals surface area contributed by atoms with E-state index in [1.54, 1.807) is 7.11 Å². The fourth-order valence-electron chi connectivity index (χ4n) is 4.19. The maximum absolute atomic E-state index is 13.0. The highest BCUT2D eigenvalue weighted by molar-refractivity contribution is 6.05. The summed E-state index contributed by atoms with van der Waals surface area (Å²) in [6, 6.07) is 17.4. The van der Waals surface area contributed by atoms with Crippen molar-refractivity contribution < 1.29 is 14.3 Å². The second kappa shape index (κ2) is 9.90. The molecule has 1 atom stereocenters. The van der Waals surface area contributed by atoms with Gasteiger partial charge in [0.05, 0.1) is 26.1 Å². The number of likely N-dealkylation sites (tertiary alicyclic amines) is 1. The average Bonchev–Trinajstić information content (AvgIpc) is 3.09. The fraction of sp³-hybridized carbons (Fsp3) is 0.360. The topological polar surface area (TPSA) is 53.1 Å². The molecular formula is C25H29N3O3. The summed E-state index contributed by atoms with van der Waals surface area (Å²) in [5.74, 6) is 0.606. The molecule has 2 aromatic rings. The number of carbonyl (C=O) groups excluding carboxylic acids is 2. The van der Waals surface area contributed by atoms with Crippen LogP contribution >= 0.6 is 0 Å². The summed E-state index contributed by atoms with van der Waals surface area (Å²) in [5, 5.41) is 0. The Hall–Kier alpha value is -2.96. The molecule has 0 bridgehead atoms. The first-order valence-corrected chi connectivity index (χ1v) is 10.8. The van der Waals surface area contributed by atoms with Gasteiger partial charge in [0.25, 0.3) is 0 Å². The van der Waals surface area contributed by atoms with Crippen molar-refractivity contribution in [3.8, 4) is 5.75 Å². The molecule has 0 aromatic heterocycles. The van der Waals surface area contributed by atoms with Crippen LogP contribution in [0, 0.1) is 0 Å². The van der Waals surface area contributed by atoms with Crippen molar-refractivity contribution in [1.29, 1.82) is 0 Å². The third-order valence-electron chi connectivity index (χ3n) is 6.04. The second-order valence-electron chi connectivity index (χ2n) is 8.04. The molecule has 2 heterocycles. The number of amides is 2. The number of methoxy groups -OCH3 is 1. The standard InChI is InChI=1S/C25H29N3O3/c1-31-22-11-9-21(10-12-22)19-28-24(29)18-23(25(28)30)27-16-14-26(15-17-27)13-5-8-20-6-3-2-4-7-20/h2-12,23H,13-19H2,1H3/b8-5+. The molecule has 2 aliphatic rings. The Morgan fingerprint density at radius 1 is 0.968 bits per heavy atom. The van der Waals surface area contributed by atoms with Gasteiger partial charge >= 0.3 is 0 Å². The molecule has 4 rings (SSSR count). The van der Waals surface area contributed by atoms with E-state index < -0.39 is 0 Å². The summed E-state index contributed by atoms with van der Waals surface area (Å²) >= 11 is 0. The van der Waals surface area contributed by atoms with Gasteiger partial charge in [0.2, 0.25) is 11.8 Å². The third-order valence-corrected chi connectivity index (χ3v) is 6.04. The number of rotatable bonds is 7. The van der Waals surface area contributed by atoms with Crippen LogP contribution in [0.5, 0.6) is 5.75 Å². The number of ether oxygens (including phenoxy) is 1. The van der Waals surface area contributed by atoms with Gasteiger partial charge in [-0.3, -0.25) is 24.3 Å². The Kier molecular flexibility index (Phi) is 6.79. The smallest absolute Gasteiger partial charge is 0.247 e. The van der Waals surface area contributed by atoms with Crippen molar-refractivity contribution in [2.75, 3.05) is 39.8 Å². The van der Waals surface area contributed by atoms with Gasteiger partial charge in [-0.15, -0.1) is 0 Å². The minimum atomic E-state index is -0.326. The minimum absolute atomic E-state index is 0.0711. The summed E-state index contributed by atoms with van der Waals surface area (Å²) in [7, 11) is 1.62. The van der Waals surface area contributed by atoms with Gasteiger partial charge in [0, 0.05) is 32.7 Å². The molecule has 1 unspecified atom stereocenters. The van der Waals surface area contributed by atoms with Crippen molar-refractivity contribution in [3.05, 3.63) is 71.8 Å². The van der Waals surface area contributed by atoms with Crippen LogP contribution in [0.15, 0.2) is 60.7 Å². The second-order valence-corrected chi connectivity index (χ2v) is 8.04. The normalized spacial score (nSPS) is 20.7. The number of nitrogens with zero attached hydrogens (tertiary/aromatic N) is 3. The zero-order valence-corrected chi connectivity index (χ0v) is 17.9. The lowest BCUT2D eigenvalue weighted by Gasteiger charge is -2.36. The van der Waals surface area contributed by atoms with Crippen LogP contribution < -0.4 is 4.74 Å². The first-order valence-electron chi connectivity index (χ1n) is 10.8. The molecular weight excluding hydrogens is 390 g/mol. The highest BCUT2D eigenvalue weighted by atomic mass is 16.5. The van der Waals surface area contributed by atoms with Crippen LogP contribution in [0.2, 0.25) is 0 Å². The van der Waals surface area contributed by atoms with E-state index >= 15 is 0 Å². The summed E-state index contributed by atoms with van der Waals surface area (Å²) in [4.78, 5) is 31.5. The number of hydrogen-bond donors (Lipinski definition) is 0. The SMILES string of the molecule is COc1ccc(CN2C(=O)CC(N3CCN(C/C=C/c4ccccc4)CC3)C2=O)cc1. The Labute approximate surface area is 183 Å². The van der Waals surface area contributed by atoms with Gasteiger partial charge in [-0.1, -0.05) is 54.6 Å². The fourth-order valence-corrected chi connectivity index (χ4v) is 4.19. The molecule has 0 aliphatic carbocycles. The molecule has 162 valence electrons. The molecule has 0 N–H and O–H groups in total. The quantitative estimate of drug-likeness (QED) is 0.646. The van der Waals surface area contributed by atoms with E-state index in [2.05, 4.69) is 34.1 Å². The molecule has 2 amide bonds. The van der Waals surface area contributed by atoms with Crippen LogP contribution in [0.3, 0.4) is 0 Å². The molecule has 31 heavy (non-hydrogen) atoms. The minimum Gasteiger partial charge on any atom is -0.497 e. The lowest BCUT2D eigenvalue weighted by Crippen LogP contribution is -2.52. The zero-order chi connectivity index (χ0) is 21.6. The van der Waals surface area contributed by atoms with E-state index in [4.69, 9.17) is 4.74 Å². The Morgan fingerprint density at radius 2 is 1.68 bits per heavy atom. The van der Waals surface area contributed by atoms with Crippen LogP contribution in [-0.2, 0) is 16.1 Å². The Balaban J connectivity index is 1.28. The van der Waals surface area contributed by atoms with Crippen LogP contribution in [0.4, 0.5) is 0 Å². The highest BCUT2D eigenvalue weighted by Gasteiger charge is 2.42. The molecule has 0 radical (unpaired) electrons. The van der Waals surface area contributed by atoms with E-state index in [0.29, 0.717) is 6.54 Å². The van der Waals surface area contributed by atoms with Crippen molar-refractivity contribution in [3.63, 3.8) is 0 Å². The van der Waals surface area contributed by atoms with Crippen molar-refractivity contribution in [1.82, 2.24) is 14.7 Å². The van der Waals surface area contributed by atoms with E-state index in [9.17, 15) is 9.59 Å². The predicted octanol–water partition coefficient (Wildman–Crippen LogP) is 2.65. The zero-order valence-electron chi connectivity index (χ0n) is 17.9. The number of imide groups is 1. The van der Waals surface area contributed by atoms with E-state index in [-0.39, 0.29) is 24.3 Å². The van der Waals surface area contributed by atoms with Gasteiger partial charge in [-0.05, 0) is 23.3 Å². The number of carbonyl (C=O) groups is 2. The largest absolute Gasteiger partial charge is 0.497 e. The van der Waals surface area contributed by atoms with Crippen LogP contribution in [0.1, 0.15) is 17.5 Å². The van der Waals surface area contributed by atoms with Crippen molar-refractivity contribution in [2.45, 2.75) is 19.0 Å². The molecule has 2 aromatic carbocycles. The summed E-state index contributed by atoms with van der Waals surface area (Å²) in [5.41, 5.74) is 2.13. The maximum Gasteiger partial charge on any atom is 0.247 e. The lowest BCUT2D eigenvalue weighted by atomic mass is 10.1. The van der Waals surface area contributed by atoms with Gasteiger partial charge in [0.15, 0.2) is 0 Å². The third kappa shape index (κ3) is 5.21. The van der Waals surface area contributed by atoms with Gasteiger partial charge in [-0.2, -0.15) is 0 Å². The highest BCUT2D eigenvalue weighted by Crippen LogP contribution is 2.23. The Morgan fingerprint density at radius 3 is 2.35 bits per heavy atom. The molecule has 6 nitrogen and oxygen atoms in total. The van der Waals surface area contributed by atoms with E-state index in [1.165, 1.54) is 10.5 Å². The first kappa shape index (κ1) is 21.3. The van der Waals surface area contributed by atoms with Crippen LogP contribution in [-0.4, -0.2) is 72.4 Å². The summed E-state index contributed by atoms with van der Waals surface area (Å²) in [6.07, 6.45) is 4.61. The monoisotopic (exact) mass is 419 g/mol. The molecule has 6 heteroatoms.